The number of aliphatic hydroxyl groups excluding tert-OH is 1. The fourth-order valence-corrected chi connectivity index (χ4v) is 1.75. The minimum Gasteiger partial charge on any atom is -0.387 e. The molecule has 0 saturated heterocycles. The molecule has 2 atom stereocenters. The molecule has 0 bridgehead atoms. The van der Waals surface area contributed by atoms with Crippen molar-refractivity contribution < 1.29 is 27.8 Å². The number of hydrogen-bond donors (Lipinski definition) is 2. The highest BCUT2D eigenvalue weighted by atomic mass is 35.5. The van der Waals surface area contributed by atoms with Gasteiger partial charge in [-0.25, -0.2) is 0 Å². The van der Waals surface area contributed by atoms with Crippen molar-refractivity contribution in [3.05, 3.63) is 34.9 Å². The Bertz CT molecular complexity index is 482. The summed E-state index contributed by atoms with van der Waals surface area (Å²) in [6.07, 6.45) is -6.83. The molecule has 0 heterocycles. The van der Waals surface area contributed by atoms with Crippen molar-refractivity contribution in [1.82, 2.24) is 5.32 Å². The summed E-state index contributed by atoms with van der Waals surface area (Å²) in [6.45, 7) is -0.486. The van der Waals surface area contributed by atoms with Gasteiger partial charge in [-0.1, -0.05) is 29.8 Å². The Kier molecular flexibility index (Phi) is 6.44. The van der Waals surface area contributed by atoms with E-state index in [-0.39, 0.29) is 6.54 Å². The zero-order valence-corrected chi connectivity index (χ0v) is 11.9. The molecular weight excluding hydrogens is 311 g/mol. The second kappa shape index (κ2) is 7.63. The van der Waals surface area contributed by atoms with Crippen LogP contribution in [0.4, 0.5) is 13.2 Å². The van der Waals surface area contributed by atoms with Gasteiger partial charge in [0.15, 0.2) is 0 Å². The van der Waals surface area contributed by atoms with E-state index in [9.17, 15) is 23.1 Å². The van der Waals surface area contributed by atoms with E-state index in [1.165, 1.54) is 6.92 Å². The van der Waals surface area contributed by atoms with Gasteiger partial charge in [-0.15, -0.1) is 0 Å². The molecule has 0 aliphatic carbocycles. The Morgan fingerprint density at radius 3 is 2.62 bits per heavy atom. The number of alkyl halides is 3. The molecule has 8 heteroatoms. The van der Waals surface area contributed by atoms with Crippen molar-refractivity contribution in [3.8, 4) is 0 Å². The minimum atomic E-state index is -4.49. The summed E-state index contributed by atoms with van der Waals surface area (Å²) in [7, 11) is 0. The van der Waals surface area contributed by atoms with Crippen molar-refractivity contribution >= 4 is 17.5 Å². The number of rotatable bonds is 6. The minimum absolute atomic E-state index is 0.178. The molecule has 1 rings (SSSR count). The van der Waals surface area contributed by atoms with Crippen molar-refractivity contribution in [2.75, 3.05) is 13.2 Å². The first-order valence-corrected chi connectivity index (χ1v) is 6.47. The van der Waals surface area contributed by atoms with E-state index in [0.717, 1.165) is 0 Å². The van der Waals surface area contributed by atoms with Crippen molar-refractivity contribution in [2.24, 2.45) is 0 Å². The Labute approximate surface area is 124 Å². The number of halogens is 4. The lowest BCUT2D eigenvalue weighted by molar-refractivity contribution is -0.185. The van der Waals surface area contributed by atoms with Crippen LogP contribution in [-0.4, -0.2) is 36.4 Å². The molecule has 2 N–H and O–H groups in total. The summed E-state index contributed by atoms with van der Waals surface area (Å²) in [6, 6.07) is 6.52. The molecule has 21 heavy (non-hydrogen) atoms. The van der Waals surface area contributed by atoms with E-state index in [1.54, 1.807) is 24.3 Å². The van der Waals surface area contributed by atoms with Gasteiger partial charge in [0.1, 0.15) is 12.7 Å². The zero-order valence-electron chi connectivity index (χ0n) is 11.2. The average Bonchev–Trinajstić information content (AvgIpc) is 2.41. The lowest BCUT2D eigenvalue weighted by Gasteiger charge is -2.17. The number of carbonyl (C=O) groups excluding carboxylic acids is 1. The third-order valence-electron chi connectivity index (χ3n) is 2.60. The van der Waals surface area contributed by atoms with Crippen LogP contribution < -0.4 is 5.32 Å². The van der Waals surface area contributed by atoms with E-state index in [1.807, 2.05) is 0 Å². The van der Waals surface area contributed by atoms with E-state index in [2.05, 4.69) is 10.1 Å². The number of nitrogens with one attached hydrogen (secondary N) is 1. The third-order valence-corrected chi connectivity index (χ3v) is 2.94. The molecule has 2 unspecified atom stereocenters. The van der Waals surface area contributed by atoms with Gasteiger partial charge in [0.25, 0.3) is 0 Å². The molecule has 0 aromatic heterocycles. The Morgan fingerprint density at radius 1 is 1.43 bits per heavy atom. The SMILES string of the molecule is CC(OCC(F)(F)F)C(=O)NCC(O)c1ccccc1Cl. The van der Waals surface area contributed by atoms with Crippen molar-refractivity contribution in [2.45, 2.75) is 25.3 Å². The van der Waals surface area contributed by atoms with Crippen LogP contribution in [0.1, 0.15) is 18.6 Å². The average molecular weight is 326 g/mol. The zero-order chi connectivity index (χ0) is 16.0. The second-order valence-electron chi connectivity index (χ2n) is 4.35. The smallest absolute Gasteiger partial charge is 0.387 e. The fourth-order valence-electron chi connectivity index (χ4n) is 1.49. The van der Waals surface area contributed by atoms with E-state index in [0.29, 0.717) is 10.6 Å². The largest absolute Gasteiger partial charge is 0.411 e. The molecule has 118 valence electrons. The highest BCUT2D eigenvalue weighted by Crippen LogP contribution is 2.22. The van der Waals surface area contributed by atoms with Crippen LogP contribution in [0.2, 0.25) is 5.02 Å². The number of ether oxygens (including phenoxy) is 1. The standard InChI is InChI=1S/C13H15ClF3NO3/c1-8(21-7-13(15,16)17)12(20)18-6-11(19)9-4-2-3-5-10(9)14/h2-5,8,11,19H,6-7H2,1H3,(H,18,20). The molecule has 0 spiro atoms. The quantitative estimate of drug-likeness (QED) is 0.844. The molecule has 0 saturated carbocycles. The van der Waals surface area contributed by atoms with Gasteiger partial charge < -0.3 is 15.2 Å². The van der Waals surface area contributed by atoms with Crippen LogP contribution in [0.15, 0.2) is 24.3 Å². The van der Waals surface area contributed by atoms with Crippen LogP contribution >= 0.6 is 11.6 Å². The summed E-state index contributed by atoms with van der Waals surface area (Å²) >= 11 is 5.87. The van der Waals surface area contributed by atoms with Crippen LogP contribution in [0, 0.1) is 0 Å². The Hall–Kier alpha value is -1.31. The first kappa shape index (κ1) is 17.7. The van der Waals surface area contributed by atoms with Crippen molar-refractivity contribution in [3.63, 3.8) is 0 Å². The first-order valence-electron chi connectivity index (χ1n) is 6.09. The van der Waals surface area contributed by atoms with Gasteiger partial charge in [0.05, 0.1) is 6.10 Å². The van der Waals surface area contributed by atoms with Gasteiger partial charge >= 0.3 is 6.18 Å². The molecule has 4 nitrogen and oxygen atoms in total. The summed E-state index contributed by atoms with van der Waals surface area (Å²) in [5.41, 5.74) is 0.420. The summed E-state index contributed by atoms with van der Waals surface area (Å²) < 4.78 is 40.2. The van der Waals surface area contributed by atoms with Crippen LogP contribution in [-0.2, 0) is 9.53 Å². The molecular formula is C13H15ClF3NO3. The van der Waals surface area contributed by atoms with E-state index < -0.39 is 30.9 Å². The topological polar surface area (TPSA) is 58.6 Å². The van der Waals surface area contributed by atoms with Gasteiger partial charge in [-0.3, -0.25) is 4.79 Å². The van der Waals surface area contributed by atoms with Crippen LogP contribution in [0.5, 0.6) is 0 Å². The third kappa shape index (κ3) is 6.33. The summed E-state index contributed by atoms with van der Waals surface area (Å²) in [4.78, 5) is 11.5. The van der Waals surface area contributed by atoms with E-state index in [4.69, 9.17) is 11.6 Å². The monoisotopic (exact) mass is 325 g/mol. The van der Waals surface area contributed by atoms with Gasteiger partial charge in [-0.05, 0) is 13.0 Å². The predicted molar refractivity (Wildman–Crippen MR) is 70.9 cm³/mol. The fraction of sp³-hybridized carbons (Fsp3) is 0.462. The van der Waals surface area contributed by atoms with Gasteiger partial charge in [-0.2, -0.15) is 13.2 Å². The normalized spacial score (nSPS) is 14.6. The summed E-state index contributed by atoms with van der Waals surface area (Å²) in [5, 5.41) is 12.5. The van der Waals surface area contributed by atoms with Crippen molar-refractivity contribution in [1.29, 1.82) is 0 Å². The van der Waals surface area contributed by atoms with Gasteiger partial charge in [0, 0.05) is 17.1 Å². The lowest BCUT2D eigenvalue weighted by atomic mass is 10.1. The molecule has 1 amide bonds. The number of hydrogen-bond acceptors (Lipinski definition) is 3. The predicted octanol–water partition coefficient (Wildman–Crippen LogP) is 2.46. The maximum atomic E-state index is 11.9. The molecule has 0 aliphatic heterocycles. The van der Waals surface area contributed by atoms with Gasteiger partial charge in [0.2, 0.25) is 5.91 Å². The molecule has 0 radical (unpaired) electrons. The maximum Gasteiger partial charge on any atom is 0.411 e. The number of aliphatic hydroxyl groups is 1. The van der Waals surface area contributed by atoms with E-state index >= 15 is 0 Å². The Balaban J connectivity index is 2.44. The highest BCUT2D eigenvalue weighted by molar-refractivity contribution is 6.31. The Morgan fingerprint density at radius 2 is 2.05 bits per heavy atom. The highest BCUT2D eigenvalue weighted by Gasteiger charge is 2.30. The second-order valence-corrected chi connectivity index (χ2v) is 4.76. The molecule has 0 aliphatic rings. The first-order chi connectivity index (χ1) is 9.70. The molecule has 1 aromatic carbocycles. The number of amides is 1. The molecule has 0 fully saturated rings. The lowest BCUT2D eigenvalue weighted by Crippen LogP contribution is -2.38. The van der Waals surface area contributed by atoms with Crippen LogP contribution in [0.3, 0.4) is 0 Å². The maximum absolute atomic E-state index is 11.9. The summed E-state index contributed by atoms with van der Waals surface area (Å²) in [5.74, 6) is -0.745. The van der Waals surface area contributed by atoms with Crippen LogP contribution in [0.25, 0.3) is 0 Å². The number of carbonyl (C=O) groups is 1. The number of benzene rings is 1. The molecule has 1 aromatic rings.